The molecule has 4 rings (SSSR count). The molecule has 1 aromatic carbocycles. The van der Waals surface area contributed by atoms with Gasteiger partial charge in [0.2, 0.25) is 5.91 Å². The van der Waals surface area contributed by atoms with Crippen LogP contribution in [0.4, 0.5) is 5.69 Å². The Kier molecular flexibility index (Phi) is 6.41. The summed E-state index contributed by atoms with van der Waals surface area (Å²) in [6.07, 6.45) is 1.79. The molecule has 0 aliphatic carbocycles. The van der Waals surface area contributed by atoms with Gasteiger partial charge in [0.15, 0.2) is 0 Å². The maximum atomic E-state index is 12.3. The van der Waals surface area contributed by atoms with E-state index in [1.165, 1.54) is 4.88 Å². The predicted molar refractivity (Wildman–Crippen MR) is 123 cm³/mol. The standard InChI is InChI=1S/C23H28N4O3S/c1-15(2)22(28)25-16-5-6-20-18(12-16)19(13-24-20)21(23(29)30)27-9-7-26(8-10-27)14-17-4-3-11-31-17/h3-6,11-13,15,21,24H,7-10,14H2,1-2H3,(H,25,28)(H,29,30)/t21-/m0/s1. The summed E-state index contributed by atoms with van der Waals surface area (Å²) in [6, 6.07) is 9.05. The van der Waals surface area contributed by atoms with Crippen molar-refractivity contribution in [3.8, 4) is 0 Å². The molecular formula is C23H28N4O3S. The molecule has 3 aromatic rings. The highest BCUT2D eigenvalue weighted by Gasteiger charge is 2.32. The number of carbonyl (C=O) groups excluding carboxylic acids is 1. The van der Waals surface area contributed by atoms with Crippen molar-refractivity contribution in [2.24, 2.45) is 5.92 Å². The summed E-state index contributed by atoms with van der Waals surface area (Å²) in [5.74, 6) is -1.05. The number of amides is 1. The second-order valence-electron chi connectivity index (χ2n) is 8.28. The first-order valence-electron chi connectivity index (χ1n) is 10.6. The number of rotatable bonds is 7. The van der Waals surface area contributed by atoms with Crippen molar-refractivity contribution < 1.29 is 14.7 Å². The number of H-pyrrole nitrogens is 1. The minimum atomic E-state index is -0.857. The Hall–Kier alpha value is -2.68. The number of thiophene rings is 1. The third kappa shape index (κ3) is 4.81. The molecule has 1 fully saturated rings. The van der Waals surface area contributed by atoms with Crippen LogP contribution in [0.25, 0.3) is 10.9 Å². The van der Waals surface area contributed by atoms with E-state index in [1.807, 2.05) is 36.9 Å². The molecule has 3 N–H and O–H groups in total. The van der Waals surface area contributed by atoms with E-state index in [-0.39, 0.29) is 11.8 Å². The van der Waals surface area contributed by atoms with Gasteiger partial charge in [-0.15, -0.1) is 11.3 Å². The third-order valence-electron chi connectivity index (χ3n) is 5.77. The van der Waals surface area contributed by atoms with Crippen molar-refractivity contribution >= 4 is 39.8 Å². The van der Waals surface area contributed by atoms with Crippen LogP contribution in [0.3, 0.4) is 0 Å². The molecule has 1 aliphatic rings. The zero-order valence-corrected chi connectivity index (χ0v) is 18.6. The molecule has 164 valence electrons. The summed E-state index contributed by atoms with van der Waals surface area (Å²) in [6.45, 7) is 7.65. The van der Waals surface area contributed by atoms with Gasteiger partial charge in [0.25, 0.3) is 0 Å². The molecule has 1 amide bonds. The van der Waals surface area contributed by atoms with E-state index in [0.29, 0.717) is 18.8 Å². The Morgan fingerprint density at radius 2 is 1.97 bits per heavy atom. The number of nitrogens with zero attached hydrogens (tertiary/aromatic N) is 2. The first kappa shape index (κ1) is 21.5. The molecule has 0 saturated carbocycles. The maximum absolute atomic E-state index is 12.3. The van der Waals surface area contributed by atoms with Gasteiger partial charge < -0.3 is 15.4 Å². The molecule has 0 radical (unpaired) electrons. The zero-order valence-electron chi connectivity index (χ0n) is 17.8. The molecule has 0 bridgehead atoms. The fraction of sp³-hybridized carbons (Fsp3) is 0.391. The molecule has 1 saturated heterocycles. The largest absolute Gasteiger partial charge is 0.480 e. The van der Waals surface area contributed by atoms with E-state index in [1.54, 1.807) is 17.5 Å². The predicted octanol–water partition coefficient (Wildman–Crippen LogP) is 3.77. The fourth-order valence-corrected chi connectivity index (χ4v) is 4.77. The van der Waals surface area contributed by atoms with Crippen molar-refractivity contribution in [2.45, 2.75) is 26.4 Å². The van der Waals surface area contributed by atoms with E-state index < -0.39 is 12.0 Å². The second kappa shape index (κ2) is 9.21. The quantitative estimate of drug-likeness (QED) is 0.521. The van der Waals surface area contributed by atoms with Gasteiger partial charge in [0, 0.05) is 71.9 Å². The van der Waals surface area contributed by atoms with E-state index in [4.69, 9.17) is 0 Å². The lowest BCUT2D eigenvalue weighted by Crippen LogP contribution is -2.48. The number of piperazine rings is 1. The average molecular weight is 441 g/mol. The first-order chi connectivity index (χ1) is 14.9. The smallest absolute Gasteiger partial charge is 0.325 e. The Morgan fingerprint density at radius 1 is 1.19 bits per heavy atom. The van der Waals surface area contributed by atoms with Crippen LogP contribution in [0.15, 0.2) is 41.9 Å². The molecule has 0 unspecified atom stereocenters. The minimum Gasteiger partial charge on any atom is -0.480 e. The summed E-state index contributed by atoms with van der Waals surface area (Å²) in [5, 5.41) is 15.9. The Morgan fingerprint density at radius 3 is 2.61 bits per heavy atom. The van der Waals surface area contributed by atoms with Crippen LogP contribution in [-0.2, 0) is 16.1 Å². The van der Waals surface area contributed by atoms with Gasteiger partial charge in [0.1, 0.15) is 6.04 Å². The minimum absolute atomic E-state index is 0.0620. The lowest BCUT2D eigenvalue weighted by Gasteiger charge is -2.37. The van der Waals surface area contributed by atoms with Crippen molar-refractivity contribution in [1.29, 1.82) is 0 Å². The summed E-state index contributed by atoms with van der Waals surface area (Å²) < 4.78 is 0. The maximum Gasteiger partial charge on any atom is 0.325 e. The fourth-order valence-electron chi connectivity index (χ4n) is 4.02. The van der Waals surface area contributed by atoms with Crippen LogP contribution in [0.2, 0.25) is 0 Å². The summed E-state index contributed by atoms with van der Waals surface area (Å²) in [4.78, 5) is 33.3. The molecule has 31 heavy (non-hydrogen) atoms. The molecule has 3 heterocycles. The lowest BCUT2D eigenvalue weighted by atomic mass is 10.0. The van der Waals surface area contributed by atoms with E-state index in [9.17, 15) is 14.7 Å². The van der Waals surface area contributed by atoms with E-state index in [0.717, 1.165) is 36.1 Å². The number of aliphatic carboxylic acids is 1. The average Bonchev–Trinajstić information content (AvgIpc) is 3.39. The summed E-state index contributed by atoms with van der Waals surface area (Å²) in [5.41, 5.74) is 2.27. The van der Waals surface area contributed by atoms with Crippen LogP contribution in [0.5, 0.6) is 0 Å². The Balaban J connectivity index is 1.53. The number of carbonyl (C=O) groups is 2. The van der Waals surface area contributed by atoms with E-state index in [2.05, 4.69) is 32.7 Å². The van der Waals surface area contributed by atoms with E-state index >= 15 is 0 Å². The number of hydrogen-bond acceptors (Lipinski definition) is 5. The number of aromatic nitrogens is 1. The molecule has 7 nitrogen and oxygen atoms in total. The van der Waals surface area contributed by atoms with Crippen molar-refractivity contribution in [1.82, 2.24) is 14.8 Å². The van der Waals surface area contributed by atoms with Crippen LogP contribution < -0.4 is 5.32 Å². The number of anilines is 1. The molecule has 0 spiro atoms. The van der Waals surface area contributed by atoms with Crippen LogP contribution in [-0.4, -0.2) is 57.9 Å². The van der Waals surface area contributed by atoms with Gasteiger partial charge >= 0.3 is 5.97 Å². The van der Waals surface area contributed by atoms with Gasteiger partial charge in [0.05, 0.1) is 0 Å². The Bertz CT molecular complexity index is 1050. The number of carboxylic acid groups (broad SMARTS) is 1. The number of hydrogen-bond donors (Lipinski definition) is 3. The van der Waals surface area contributed by atoms with Gasteiger partial charge in [-0.2, -0.15) is 0 Å². The lowest BCUT2D eigenvalue weighted by molar-refractivity contribution is -0.144. The van der Waals surface area contributed by atoms with Crippen molar-refractivity contribution in [3.63, 3.8) is 0 Å². The first-order valence-corrected chi connectivity index (χ1v) is 11.4. The van der Waals surface area contributed by atoms with Gasteiger partial charge in [-0.1, -0.05) is 19.9 Å². The summed E-state index contributed by atoms with van der Waals surface area (Å²) in [7, 11) is 0. The molecule has 2 aromatic heterocycles. The Labute approximate surface area is 185 Å². The van der Waals surface area contributed by atoms with Gasteiger partial charge in [-0.3, -0.25) is 19.4 Å². The highest BCUT2D eigenvalue weighted by Crippen LogP contribution is 2.31. The van der Waals surface area contributed by atoms with Crippen molar-refractivity contribution in [2.75, 3.05) is 31.5 Å². The van der Waals surface area contributed by atoms with Crippen LogP contribution in [0, 0.1) is 5.92 Å². The van der Waals surface area contributed by atoms with Crippen molar-refractivity contribution in [3.05, 3.63) is 52.3 Å². The molecular weight excluding hydrogens is 412 g/mol. The van der Waals surface area contributed by atoms with Crippen LogP contribution in [0.1, 0.15) is 30.3 Å². The number of carboxylic acids is 1. The SMILES string of the molecule is CC(C)C(=O)Nc1ccc2[nH]cc([C@@H](C(=O)O)N3CCN(Cc4cccs4)CC3)c2c1. The normalized spacial score (nSPS) is 16.6. The molecule has 8 heteroatoms. The number of nitrogens with one attached hydrogen (secondary N) is 2. The third-order valence-corrected chi connectivity index (χ3v) is 6.63. The van der Waals surface area contributed by atoms with Gasteiger partial charge in [-0.25, -0.2) is 0 Å². The highest BCUT2D eigenvalue weighted by molar-refractivity contribution is 7.09. The second-order valence-corrected chi connectivity index (χ2v) is 9.31. The highest BCUT2D eigenvalue weighted by atomic mass is 32.1. The molecule has 1 aliphatic heterocycles. The van der Waals surface area contributed by atoms with Gasteiger partial charge in [-0.05, 0) is 29.6 Å². The topological polar surface area (TPSA) is 88.7 Å². The number of benzene rings is 1. The number of fused-ring (bicyclic) bond motifs is 1. The summed E-state index contributed by atoms with van der Waals surface area (Å²) >= 11 is 1.75. The monoisotopic (exact) mass is 440 g/mol. The zero-order chi connectivity index (χ0) is 22.0. The van der Waals surface area contributed by atoms with Crippen LogP contribution >= 0.6 is 11.3 Å². The molecule has 1 atom stereocenters. The number of aromatic amines is 1.